The first-order valence-corrected chi connectivity index (χ1v) is 3.84. The Morgan fingerprint density at radius 3 is 2.75 bits per heavy atom. The van der Waals surface area contributed by atoms with Crippen LogP contribution in [0.1, 0.15) is 5.56 Å². The standard InChI is InChI=1S/C8H8BClN2/c1-12-8-5(4-11)2-3-6(9)7(8)10/h2-4,11-12H,1H3. The zero-order valence-electron chi connectivity index (χ0n) is 6.69. The lowest BCUT2D eigenvalue weighted by molar-refractivity contribution is 1.48. The molecular weight excluding hydrogens is 170 g/mol. The number of benzene rings is 1. The van der Waals surface area contributed by atoms with Crippen LogP contribution < -0.4 is 10.8 Å². The number of anilines is 1. The van der Waals surface area contributed by atoms with E-state index in [0.29, 0.717) is 16.2 Å². The fourth-order valence-electron chi connectivity index (χ4n) is 0.981. The number of hydrogen-bond donors (Lipinski definition) is 2. The molecule has 1 rings (SSSR count). The van der Waals surface area contributed by atoms with E-state index in [1.165, 1.54) is 6.21 Å². The molecule has 0 aromatic heterocycles. The van der Waals surface area contributed by atoms with Gasteiger partial charge in [-0.15, -0.1) is 0 Å². The van der Waals surface area contributed by atoms with Gasteiger partial charge in [0.2, 0.25) is 0 Å². The second kappa shape index (κ2) is 3.63. The molecule has 0 aliphatic carbocycles. The molecule has 0 spiro atoms. The largest absolute Gasteiger partial charge is 0.386 e. The van der Waals surface area contributed by atoms with Crippen LogP contribution in [0.25, 0.3) is 0 Å². The highest BCUT2D eigenvalue weighted by Gasteiger charge is 2.04. The summed E-state index contributed by atoms with van der Waals surface area (Å²) in [6, 6.07) is 3.43. The average Bonchev–Trinajstić information content (AvgIpc) is 2.09. The Morgan fingerprint density at radius 2 is 2.25 bits per heavy atom. The Kier molecular flexibility index (Phi) is 2.76. The first kappa shape index (κ1) is 9.14. The van der Waals surface area contributed by atoms with Gasteiger partial charge in [-0.3, -0.25) is 0 Å². The minimum Gasteiger partial charge on any atom is -0.386 e. The Morgan fingerprint density at radius 1 is 1.58 bits per heavy atom. The van der Waals surface area contributed by atoms with Crippen LogP contribution in [0, 0.1) is 5.41 Å². The third-order valence-corrected chi connectivity index (χ3v) is 2.02. The molecule has 0 aliphatic heterocycles. The second-order valence-electron chi connectivity index (χ2n) is 2.33. The molecule has 0 unspecified atom stereocenters. The lowest BCUT2D eigenvalue weighted by atomic mass is 9.94. The molecule has 0 heterocycles. The summed E-state index contributed by atoms with van der Waals surface area (Å²) in [6.07, 6.45) is 1.23. The maximum atomic E-state index is 7.09. The van der Waals surface area contributed by atoms with E-state index in [1.807, 2.05) is 0 Å². The van der Waals surface area contributed by atoms with Crippen LogP contribution in [0.3, 0.4) is 0 Å². The third-order valence-electron chi connectivity index (χ3n) is 1.61. The Bertz CT molecular complexity index is 312. The molecule has 12 heavy (non-hydrogen) atoms. The molecule has 0 aliphatic rings. The maximum Gasteiger partial charge on any atom is 0.116 e. The molecule has 2 radical (unpaired) electrons. The zero-order valence-corrected chi connectivity index (χ0v) is 7.44. The topological polar surface area (TPSA) is 35.9 Å². The van der Waals surface area contributed by atoms with Gasteiger partial charge in [-0.2, -0.15) is 0 Å². The fourth-order valence-corrected chi connectivity index (χ4v) is 1.25. The van der Waals surface area contributed by atoms with E-state index in [2.05, 4.69) is 5.32 Å². The van der Waals surface area contributed by atoms with Crippen molar-refractivity contribution in [3.05, 3.63) is 22.7 Å². The highest BCUT2D eigenvalue weighted by atomic mass is 35.5. The molecule has 1 aromatic rings. The molecule has 0 amide bonds. The summed E-state index contributed by atoms with van der Waals surface area (Å²) in [5, 5.41) is 10.5. The SMILES string of the molecule is [B]c1ccc(C=N)c(NC)c1Cl. The zero-order chi connectivity index (χ0) is 9.14. The van der Waals surface area contributed by atoms with Crippen molar-refractivity contribution in [3.8, 4) is 0 Å². The Labute approximate surface area is 77.9 Å². The Balaban J connectivity index is 3.35. The van der Waals surface area contributed by atoms with Gasteiger partial charge < -0.3 is 10.7 Å². The molecule has 0 saturated heterocycles. The number of hydrogen-bond acceptors (Lipinski definition) is 2. The minimum atomic E-state index is 0.471. The monoisotopic (exact) mass is 178 g/mol. The van der Waals surface area contributed by atoms with Crippen molar-refractivity contribution in [2.45, 2.75) is 0 Å². The van der Waals surface area contributed by atoms with Crippen LogP contribution >= 0.6 is 11.6 Å². The van der Waals surface area contributed by atoms with Gasteiger partial charge in [0.05, 0.1) is 10.7 Å². The number of halogens is 1. The van der Waals surface area contributed by atoms with Gasteiger partial charge in [0.1, 0.15) is 7.85 Å². The van der Waals surface area contributed by atoms with Gasteiger partial charge in [-0.25, -0.2) is 0 Å². The number of rotatable bonds is 2. The minimum absolute atomic E-state index is 0.471. The van der Waals surface area contributed by atoms with Gasteiger partial charge in [0.15, 0.2) is 0 Å². The van der Waals surface area contributed by atoms with Crippen LogP contribution in [0.4, 0.5) is 5.69 Å². The quantitative estimate of drug-likeness (QED) is 0.518. The van der Waals surface area contributed by atoms with Crippen molar-refractivity contribution < 1.29 is 0 Å². The smallest absolute Gasteiger partial charge is 0.116 e. The summed E-state index contributed by atoms with van der Waals surface area (Å²) in [5.74, 6) is 0. The van der Waals surface area contributed by atoms with Crippen molar-refractivity contribution in [1.82, 2.24) is 0 Å². The van der Waals surface area contributed by atoms with E-state index in [4.69, 9.17) is 24.9 Å². The predicted molar refractivity (Wildman–Crippen MR) is 54.3 cm³/mol. The van der Waals surface area contributed by atoms with E-state index in [1.54, 1.807) is 19.2 Å². The summed E-state index contributed by atoms with van der Waals surface area (Å²) in [4.78, 5) is 0. The predicted octanol–water partition coefficient (Wildman–Crippen LogP) is 1.17. The molecule has 0 fully saturated rings. The van der Waals surface area contributed by atoms with Crippen molar-refractivity contribution in [2.75, 3.05) is 12.4 Å². The van der Waals surface area contributed by atoms with Crippen LogP contribution in [-0.2, 0) is 0 Å². The lowest BCUT2D eigenvalue weighted by Crippen LogP contribution is -2.08. The molecule has 4 heteroatoms. The van der Waals surface area contributed by atoms with E-state index in [9.17, 15) is 0 Å². The van der Waals surface area contributed by atoms with Gasteiger partial charge in [-0.05, 0) is 0 Å². The van der Waals surface area contributed by atoms with Crippen molar-refractivity contribution in [1.29, 1.82) is 5.41 Å². The van der Waals surface area contributed by atoms with Crippen molar-refractivity contribution in [2.24, 2.45) is 0 Å². The molecule has 1 aromatic carbocycles. The summed E-state index contributed by atoms with van der Waals surface area (Å²) in [6.45, 7) is 0. The highest BCUT2D eigenvalue weighted by molar-refractivity contribution is 6.47. The van der Waals surface area contributed by atoms with E-state index in [0.717, 1.165) is 5.56 Å². The summed E-state index contributed by atoms with van der Waals surface area (Å²) < 4.78 is 0. The van der Waals surface area contributed by atoms with Gasteiger partial charge >= 0.3 is 0 Å². The Hall–Kier alpha value is -0.955. The van der Waals surface area contributed by atoms with Crippen LogP contribution in [0.2, 0.25) is 5.02 Å². The number of nitrogens with one attached hydrogen (secondary N) is 2. The fraction of sp³-hybridized carbons (Fsp3) is 0.125. The van der Waals surface area contributed by atoms with Gasteiger partial charge in [-0.1, -0.05) is 29.2 Å². The van der Waals surface area contributed by atoms with E-state index < -0.39 is 0 Å². The summed E-state index contributed by atoms with van der Waals surface area (Å²) >= 11 is 5.89. The third kappa shape index (κ3) is 1.46. The molecule has 0 saturated carbocycles. The highest BCUT2D eigenvalue weighted by Crippen LogP contribution is 2.21. The van der Waals surface area contributed by atoms with Crippen LogP contribution in [0.15, 0.2) is 12.1 Å². The van der Waals surface area contributed by atoms with Gasteiger partial charge in [0, 0.05) is 18.8 Å². The summed E-state index contributed by atoms with van der Waals surface area (Å²) in [7, 11) is 7.32. The van der Waals surface area contributed by atoms with E-state index >= 15 is 0 Å². The molecule has 60 valence electrons. The molecule has 2 nitrogen and oxygen atoms in total. The normalized spacial score (nSPS) is 9.50. The van der Waals surface area contributed by atoms with Crippen LogP contribution in [-0.4, -0.2) is 21.1 Å². The summed E-state index contributed by atoms with van der Waals surface area (Å²) in [5.41, 5.74) is 1.95. The van der Waals surface area contributed by atoms with Crippen molar-refractivity contribution in [3.63, 3.8) is 0 Å². The van der Waals surface area contributed by atoms with Crippen LogP contribution in [0.5, 0.6) is 0 Å². The lowest BCUT2D eigenvalue weighted by Gasteiger charge is -2.09. The second-order valence-corrected chi connectivity index (χ2v) is 2.71. The maximum absolute atomic E-state index is 7.09. The van der Waals surface area contributed by atoms with Gasteiger partial charge in [0.25, 0.3) is 0 Å². The molecule has 0 atom stereocenters. The molecular formula is C8H8BClN2. The van der Waals surface area contributed by atoms with Crippen molar-refractivity contribution >= 4 is 36.8 Å². The first-order valence-electron chi connectivity index (χ1n) is 3.47. The average molecular weight is 178 g/mol. The first-order chi connectivity index (χ1) is 5.70. The van der Waals surface area contributed by atoms with E-state index in [-0.39, 0.29) is 0 Å². The molecule has 2 N–H and O–H groups in total. The molecule has 0 bridgehead atoms.